The smallest absolute Gasteiger partial charge is 0.462 e. The van der Waals surface area contributed by atoms with Crippen LogP contribution in [0.25, 0.3) is 0 Å². The van der Waals surface area contributed by atoms with E-state index in [2.05, 4.69) is 148 Å². The summed E-state index contributed by atoms with van der Waals surface area (Å²) in [6.45, 7) is 3.55. The van der Waals surface area contributed by atoms with E-state index in [0.717, 1.165) is 109 Å². The number of nitrogens with two attached hydrogens (primary N) is 1. The van der Waals surface area contributed by atoms with E-state index in [1.54, 1.807) is 0 Å². The van der Waals surface area contributed by atoms with Gasteiger partial charge >= 0.3 is 19.8 Å². The first-order valence-electron chi connectivity index (χ1n) is 38.7. The zero-order chi connectivity index (χ0) is 67.2. The van der Waals surface area contributed by atoms with Crippen LogP contribution >= 0.6 is 7.82 Å². The molecule has 0 bridgehead atoms. The van der Waals surface area contributed by atoms with E-state index in [4.69, 9.17) is 24.3 Å². The van der Waals surface area contributed by atoms with Gasteiger partial charge in [-0.05, 0) is 109 Å². The first-order chi connectivity index (χ1) is 45.8. The third-order valence-electron chi connectivity index (χ3n) is 16.5. The molecule has 0 aliphatic rings. The molecule has 10 heteroatoms. The van der Waals surface area contributed by atoms with Gasteiger partial charge in [-0.3, -0.25) is 18.6 Å². The summed E-state index contributed by atoms with van der Waals surface area (Å²) in [4.78, 5) is 35.5. The van der Waals surface area contributed by atoms with Gasteiger partial charge in [0.2, 0.25) is 0 Å². The third-order valence-corrected chi connectivity index (χ3v) is 17.5. The SMILES string of the molecule is CC/C=C\C/C=C\C/C=C\C/C=C\C/C=C\C/C=C\C/C=C\CCCCCCCCCCCCCCCC(=O)OC(COC(=O)CCCCCCCCCCCCCCCCCCCCCCCCCC/C=C\C/C=C\C/C=C\C/C=C\CC)COP(=O)(O)OCCN. The summed E-state index contributed by atoms with van der Waals surface area (Å²) in [7, 11) is -4.40. The molecule has 0 radical (unpaired) electrons. The molecule has 3 N–H and O–H groups in total. The Balaban J connectivity index is 3.83. The van der Waals surface area contributed by atoms with Gasteiger partial charge in [-0.1, -0.05) is 359 Å². The molecule has 0 heterocycles. The average Bonchev–Trinajstić information content (AvgIpc) is 3.70. The molecule has 534 valence electrons. The molecule has 0 spiro atoms. The largest absolute Gasteiger partial charge is 0.472 e. The molecule has 0 saturated heterocycles. The number of rotatable bonds is 72. The molecule has 0 aliphatic heterocycles. The fraction of sp³-hybridized carbons (Fsp3) is 0.711. The molecule has 93 heavy (non-hydrogen) atoms. The molecule has 0 aromatic heterocycles. The molecule has 0 saturated carbocycles. The van der Waals surface area contributed by atoms with Gasteiger partial charge < -0.3 is 20.1 Å². The van der Waals surface area contributed by atoms with Gasteiger partial charge in [0, 0.05) is 19.4 Å². The quantitative estimate of drug-likeness (QED) is 0.0264. The van der Waals surface area contributed by atoms with E-state index in [-0.39, 0.29) is 38.6 Å². The van der Waals surface area contributed by atoms with Crippen LogP contribution in [0.2, 0.25) is 0 Å². The second-order valence-corrected chi connectivity index (χ2v) is 26.9. The molecule has 0 aromatic rings. The summed E-state index contributed by atoms with van der Waals surface area (Å²) in [6, 6.07) is 0. The predicted molar refractivity (Wildman–Crippen MR) is 404 cm³/mol. The fourth-order valence-electron chi connectivity index (χ4n) is 10.9. The van der Waals surface area contributed by atoms with Crippen LogP contribution in [0.5, 0.6) is 0 Å². The minimum Gasteiger partial charge on any atom is -0.462 e. The van der Waals surface area contributed by atoms with Crippen LogP contribution in [0.4, 0.5) is 0 Å². The number of hydrogen-bond acceptors (Lipinski definition) is 8. The van der Waals surface area contributed by atoms with Gasteiger partial charge in [-0.25, -0.2) is 4.57 Å². The number of ether oxygens (including phenoxy) is 2. The molecule has 0 aromatic carbocycles. The van der Waals surface area contributed by atoms with E-state index in [9.17, 15) is 19.0 Å². The third kappa shape index (κ3) is 77.0. The minimum absolute atomic E-state index is 0.0502. The lowest BCUT2D eigenvalue weighted by atomic mass is 10.0. The van der Waals surface area contributed by atoms with Crippen molar-refractivity contribution in [3.05, 3.63) is 134 Å². The summed E-state index contributed by atoms with van der Waals surface area (Å²) >= 11 is 0. The van der Waals surface area contributed by atoms with Crippen molar-refractivity contribution in [3.8, 4) is 0 Å². The predicted octanol–water partition coefficient (Wildman–Crippen LogP) is 26.0. The van der Waals surface area contributed by atoms with Crippen molar-refractivity contribution >= 4 is 19.8 Å². The molecular weight excluding hydrogens is 1170 g/mol. The highest BCUT2D eigenvalue weighted by molar-refractivity contribution is 7.47. The Bertz CT molecular complexity index is 1990. The van der Waals surface area contributed by atoms with Gasteiger partial charge in [0.15, 0.2) is 6.10 Å². The number of unbranched alkanes of at least 4 members (excludes halogenated alkanes) is 37. The van der Waals surface area contributed by atoms with Crippen molar-refractivity contribution < 1.29 is 37.6 Å². The Morgan fingerprint density at radius 2 is 0.559 bits per heavy atom. The highest BCUT2D eigenvalue weighted by Gasteiger charge is 2.26. The van der Waals surface area contributed by atoms with Crippen molar-refractivity contribution in [1.29, 1.82) is 0 Å². The maximum atomic E-state index is 12.8. The van der Waals surface area contributed by atoms with Crippen LogP contribution in [0.1, 0.15) is 348 Å². The number of allylic oxidation sites excluding steroid dienone is 22. The number of carbonyl (C=O) groups is 2. The Hall–Kier alpha value is -3.85. The Labute approximate surface area is 574 Å². The van der Waals surface area contributed by atoms with Crippen LogP contribution in [0.3, 0.4) is 0 Å². The Morgan fingerprint density at radius 3 is 0.828 bits per heavy atom. The molecule has 0 amide bonds. The van der Waals surface area contributed by atoms with Crippen molar-refractivity contribution in [2.24, 2.45) is 5.73 Å². The van der Waals surface area contributed by atoms with Crippen LogP contribution in [0, 0.1) is 0 Å². The van der Waals surface area contributed by atoms with E-state index in [1.165, 1.54) is 205 Å². The van der Waals surface area contributed by atoms with Gasteiger partial charge in [0.1, 0.15) is 6.61 Å². The van der Waals surface area contributed by atoms with Crippen LogP contribution in [0.15, 0.2) is 134 Å². The van der Waals surface area contributed by atoms with Gasteiger partial charge in [0.25, 0.3) is 0 Å². The van der Waals surface area contributed by atoms with Crippen molar-refractivity contribution in [1.82, 2.24) is 0 Å². The lowest BCUT2D eigenvalue weighted by Crippen LogP contribution is -2.29. The highest BCUT2D eigenvalue weighted by atomic mass is 31.2. The summed E-state index contributed by atoms with van der Waals surface area (Å²) in [5.41, 5.74) is 5.41. The number of esters is 2. The van der Waals surface area contributed by atoms with Crippen molar-refractivity contribution in [3.63, 3.8) is 0 Å². The van der Waals surface area contributed by atoms with E-state index in [0.29, 0.717) is 6.42 Å². The number of phosphoric ester groups is 1. The van der Waals surface area contributed by atoms with Crippen LogP contribution in [-0.4, -0.2) is 49.3 Å². The van der Waals surface area contributed by atoms with Gasteiger partial charge in [0.05, 0.1) is 13.2 Å². The first kappa shape index (κ1) is 89.2. The maximum Gasteiger partial charge on any atom is 0.472 e. The molecule has 0 aliphatic carbocycles. The highest BCUT2D eigenvalue weighted by Crippen LogP contribution is 2.43. The monoisotopic (exact) mass is 1310 g/mol. The topological polar surface area (TPSA) is 134 Å². The second-order valence-electron chi connectivity index (χ2n) is 25.5. The maximum absolute atomic E-state index is 12.8. The standard InChI is InChI=1S/C83H144NO8P/c1-3-5-7-9-11-13-15-17-19-21-23-25-27-29-31-33-35-37-39-40-42-43-45-47-49-51-53-55-57-59-61-63-65-67-69-71-73-75-82(85)89-79-81(80-91-93(87,88)90-78-77-84)92-83(86)76-74-72-70-68-66-64-62-60-58-56-54-52-50-48-46-44-41-38-36-34-32-30-28-26-24-22-20-18-16-14-12-10-8-6-4-2/h5-8,11-14,17-20,23-26,30,32,36,38,44,46,81H,3-4,9-10,15-16,21-22,27-29,31,33-35,37,39-43,45,47-80,84H2,1-2H3,(H,87,88)/b7-5-,8-6-,13-11-,14-12-,19-17-,20-18-,25-23-,26-24-,32-30-,38-36-,46-44-. The minimum atomic E-state index is -4.40. The van der Waals surface area contributed by atoms with Crippen molar-refractivity contribution in [2.45, 2.75) is 354 Å². The van der Waals surface area contributed by atoms with Gasteiger partial charge in [-0.2, -0.15) is 0 Å². The normalized spacial score (nSPS) is 13.6. The summed E-state index contributed by atoms with van der Waals surface area (Å²) in [6.07, 6.45) is 110. The molecule has 2 atom stereocenters. The second kappa shape index (κ2) is 77.2. The summed E-state index contributed by atoms with van der Waals surface area (Å²) in [5, 5.41) is 0. The fourth-order valence-corrected chi connectivity index (χ4v) is 11.7. The summed E-state index contributed by atoms with van der Waals surface area (Å²) in [5.74, 6) is -0.819. The van der Waals surface area contributed by atoms with Crippen molar-refractivity contribution in [2.75, 3.05) is 26.4 Å². The number of carbonyl (C=O) groups excluding carboxylic acids is 2. The average molecular weight is 1320 g/mol. The number of phosphoric acid groups is 1. The Kier molecular flexibility index (Phi) is 74.0. The van der Waals surface area contributed by atoms with Crippen LogP contribution < -0.4 is 5.73 Å². The number of hydrogen-bond donors (Lipinski definition) is 2. The molecule has 0 fully saturated rings. The van der Waals surface area contributed by atoms with E-state index < -0.39 is 26.5 Å². The summed E-state index contributed by atoms with van der Waals surface area (Å²) < 4.78 is 33.3. The lowest BCUT2D eigenvalue weighted by Gasteiger charge is -2.19. The molecule has 2 unspecified atom stereocenters. The van der Waals surface area contributed by atoms with Gasteiger partial charge in [-0.15, -0.1) is 0 Å². The molecular formula is C83H144NO8P. The molecule has 9 nitrogen and oxygen atoms in total. The Morgan fingerprint density at radius 1 is 0.323 bits per heavy atom. The van der Waals surface area contributed by atoms with E-state index >= 15 is 0 Å². The zero-order valence-electron chi connectivity index (χ0n) is 60.2. The van der Waals surface area contributed by atoms with E-state index in [1.807, 2.05) is 0 Å². The van der Waals surface area contributed by atoms with Crippen LogP contribution in [-0.2, 0) is 32.7 Å². The lowest BCUT2D eigenvalue weighted by molar-refractivity contribution is -0.161. The first-order valence-corrected chi connectivity index (χ1v) is 40.2. The molecule has 0 rings (SSSR count). The zero-order valence-corrected chi connectivity index (χ0v) is 61.1.